The second-order valence-corrected chi connectivity index (χ2v) is 3.97. The Hall–Kier alpha value is -0.160. The van der Waals surface area contributed by atoms with Gasteiger partial charge in [-0.3, -0.25) is 5.32 Å². The van der Waals surface area contributed by atoms with E-state index < -0.39 is 5.06 Å². The van der Waals surface area contributed by atoms with Gasteiger partial charge in [0.2, 0.25) is 0 Å². The average Bonchev–Trinajstić information content (AvgIpc) is 2.25. The van der Waals surface area contributed by atoms with Crippen molar-refractivity contribution in [2.24, 2.45) is 0 Å². The molecule has 0 bridgehead atoms. The molecule has 1 aromatic carbocycles. The van der Waals surface area contributed by atoms with Gasteiger partial charge in [-0.1, -0.05) is 24.3 Å². The van der Waals surface area contributed by atoms with Crippen LogP contribution in [0.5, 0.6) is 0 Å². The molecule has 0 fully saturated rings. The van der Waals surface area contributed by atoms with E-state index >= 15 is 0 Å². The summed E-state index contributed by atoms with van der Waals surface area (Å²) in [4.78, 5) is 0. The maximum absolute atomic E-state index is 9.72. The Labute approximate surface area is 81.8 Å². The lowest BCUT2D eigenvalue weighted by molar-refractivity contribution is 0.112. The normalized spacial score (nSPS) is 33.4. The van der Waals surface area contributed by atoms with Gasteiger partial charge in [0, 0.05) is 5.56 Å². The highest BCUT2D eigenvalue weighted by atomic mass is 32.1. The number of hydrogen-bond donors (Lipinski definition) is 4. The topological polar surface area (TPSA) is 32.3 Å². The Balaban J connectivity index is 2.58. The van der Waals surface area contributed by atoms with Gasteiger partial charge >= 0.3 is 0 Å². The fourth-order valence-corrected chi connectivity index (χ4v) is 2.25. The molecular formula is C8H9NOS2. The van der Waals surface area contributed by atoms with E-state index in [0.29, 0.717) is 0 Å². The molecule has 2 atom stereocenters. The molecule has 1 aliphatic rings. The SMILES string of the molecule is OC1(S)NC(S)c2ccccc21. The lowest BCUT2D eigenvalue weighted by Crippen LogP contribution is -2.30. The van der Waals surface area contributed by atoms with Crippen molar-refractivity contribution in [2.75, 3.05) is 0 Å². The molecule has 0 amide bonds. The summed E-state index contributed by atoms with van der Waals surface area (Å²) in [5.41, 5.74) is 1.77. The minimum absolute atomic E-state index is 0.135. The molecule has 1 aromatic rings. The van der Waals surface area contributed by atoms with Gasteiger partial charge in [0.1, 0.15) is 0 Å². The van der Waals surface area contributed by atoms with Crippen molar-refractivity contribution in [3.05, 3.63) is 35.4 Å². The summed E-state index contributed by atoms with van der Waals surface area (Å²) in [6.07, 6.45) is 0. The molecule has 0 aromatic heterocycles. The van der Waals surface area contributed by atoms with E-state index in [4.69, 9.17) is 0 Å². The van der Waals surface area contributed by atoms with Crippen LogP contribution in [0.2, 0.25) is 0 Å². The Morgan fingerprint density at radius 2 is 2.08 bits per heavy atom. The zero-order valence-corrected chi connectivity index (χ0v) is 8.02. The maximum atomic E-state index is 9.72. The van der Waals surface area contributed by atoms with Crippen molar-refractivity contribution < 1.29 is 5.11 Å². The molecule has 0 saturated carbocycles. The zero-order valence-electron chi connectivity index (χ0n) is 6.23. The highest BCUT2D eigenvalue weighted by Crippen LogP contribution is 2.39. The van der Waals surface area contributed by atoms with E-state index in [1.54, 1.807) is 0 Å². The fraction of sp³-hybridized carbons (Fsp3) is 0.250. The molecule has 2 unspecified atom stereocenters. The fourth-order valence-electron chi connectivity index (χ4n) is 1.40. The van der Waals surface area contributed by atoms with E-state index in [1.165, 1.54) is 0 Å². The quantitative estimate of drug-likeness (QED) is 0.374. The van der Waals surface area contributed by atoms with Crippen LogP contribution in [0.15, 0.2) is 24.3 Å². The third-order valence-electron chi connectivity index (χ3n) is 1.97. The summed E-state index contributed by atoms with van der Waals surface area (Å²) >= 11 is 8.35. The first kappa shape index (κ1) is 8.44. The van der Waals surface area contributed by atoms with Crippen LogP contribution in [0.25, 0.3) is 0 Å². The van der Waals surface area contributed by atoms with Crippen molar-refractivity contribution in [1.82, 2.24) is 5.32 Å². The number of aliphatic hydroxyl groups is 1. The Kier molecular flexibility index (Phi) is 1.88. The molecule has 1 aliphatic heterocycles. The minimum atomic E-state index is -1.23. The molecule has 2 rings (SSSR count). The second-order valence-electron chi connectivity index (χ2n) is 2.81. The first-order valence-corrected chi connectivity index (χ1v) is 4.57. The predicted molar refractivity (Wildman–Crippen MR) is 54.2 cm³/mol. The van der Waals surface area contributed by atoms with Crippen LogP contribution in [-0.4, -0.2) is 5.11 Å². The third kappa shape index (κ3) is 1.15. The first-order valence-electron chi connectivity index (χ1n) is 3.61. The number of nitrogens with one attached hydrogen (secondary N) is 1. The summed E-state index contributed by atoms with van der Waals surface area (Å²) < 4.78 is 0. The first-order chi connectivity index (χ1) is 5.61. The Bertz CT molecular complexity index is 314. The van der Waals surface area contributed by atoms with Gasteiger partial charge in [-0.05, 0) is 5.56 Å². The number of hydrogen-bond acceptors (Lipinski definition) is 4. The summed E-state index contributed by atoms with van der Waals surface area (Å²) in [7, 11) is 0. The van der Waals surface area contributed by atoms with E-state index in [0.717, 1.165) is 11.1 Å². The van der Waals surface area contributed by atoms with Crippen LogP contribution in [0, 0.1) is 0 Å². The van der Waals surface area contributed by atoms with Gasteiger partial charge < -0.3 is 5.11 Å². The van der Waals surface area contributed by atoms with Gasteiger partial charge in [0.05, 0.1) is 5.37 Å². The zero-order chi connectivity index (χ0) is 8.77. The maximum Gasteiger partial charge on any atom is 0.189 e. The highest BCUT2D eigenvalue weighted by molar-refractivity contribution is 7.82. The van der Waals surface area contributed by atoms with Gasteiger partial charge in [-0.25, -0.2) is 0 Å². The van der Waals surface area contributed by atoms with Crippen molar-refractivity contribution >= 4 is 25.3 Å². The standard InChI is InChI=1S/C8H9NOS2/c10-8(12)6-4-2-1-3-5(6)7(11)9-8/h1-4,7,9-12H. The molecule has 2 N–H and O–H groups in total. The lowest BCUT2D eigenvalue weighted by atomic mass is 10.1. The molecule has 64 valence electrons. The van der Waals surface area contributed by atoms with Crippen molar-refractivity contribution in [3.8, 4) is 0 Å². The molecule has 12 heavy (non-hydrogen) atoms. The minimum Gasteiger partial charge on any atom is -0.363 e. The molecule has 0 spiro atoms. The van der Waals surface area contributed by atoms with Crippen LogP contribution in [-0.2, 0) is 5.06 Å². The van der Waals surface area contributed by atoms with E-state index in [9.17, 15) is 5.11 Å². The molecule has 4 heteroatoms. The largest absolute Gasteiger partial charge is 0.363 e. The summed E-state index contributed by atoms with van der Waals surface area (Å²) in [6, 6.07) is 7.55. The molecular weight excluding hydrogens is 190 g/mol. The molecule has 1 heterocycles. The average molecular weight is 199 g/mol. The Morgan fingerprint density at radius 3 is 2.75 bits per heavy atom. The molecule has 0 saturated heterocycles. The van der Waals surface area contributed by atoms with Crippen LogP contribution < -0.4 is 5.32 Å². The van der Waals surface area contributed by atoms with Gasteiger partial charge in [-0.2, -0.15) is 12.6 Å². The summed E-state index contributed by atoms with van der Waals surface area (Å²) in [6.45, 7) is 0. The van der Waals surface area contributed by atoms with Crippen LogP contribution >= 0.6 is 25.3 Å². The van der Waals surface area contributed by atoms with Crippen molar-refractivity contribution in [3.63, 3.8) is 0 Å². The monoisotopic (exact) mass is 199 g/mol. The van der Waals surface area contributed by atoms with Gasteiger partial charge in [-0.15, -0.1) is 12.6 Å². The smallest absolute Gasteiger partial charge is 0.189 e. The highest BCUT2D eigenvalue weighted by Gasteiger charge is 2.36. The van der Waals surface area contributed by atoms with E-state index in [2.05, 4.69) is 30.6 Å². The van der Waals surface area contributed by atoms with Crippen molar-refractivity contribution in [2.45, 2.75) is 10.4 Å². The predicted octanol–water partition coefficient (Wildman–Crippen LogP) is 1.25. The van der Waals surface area contributed by atoms with Crippen LogP contribution in [0.3, 0.4) is 0 Å². The number of benzene rings is 1. The summed E-state index contributed by atoms with van der Waals surface area (Å²) in [5, 5.41) is 11.2. The number of thiol groups is 2. The second kappa shape index (κ2) is 2.67. The van der Waals surface area contributed by atoms with E-state index in [-0.39, 0.29) is 5.37 Å². The van der Waals surface area contributed by atoms with Crippen LogP contribution in [0.1, 0.15) is 16.5 Å². The van der Waals surface area contributed by atoms with E-state index in [1.807, 2.05) is 24.3 Å². The molecule has 0 aliphatic carbocycles. The van der Waals surface area contributed by atoms with Crippen molar-refractivity contribution in [1.29, 1.82) is 0 Å². The molecule has 0 radical (unpaired) electrons. The number of fused-ring (bicyclic) bond motifs is 1. The number of rotatable bonds is 0. The molecule has 2 nitrogen and oxygen atoms in total. The van der Waals surface area contributed by atoms with Crippen LogP contribution in [0.4, 0.5) is 0 Å². The van der Waals surface area contributed by atoms with Gasteiger partial charge in [0.25, 0.3) is 0 Å². The Morgan fingerprint density at radius 1 is 1.42 bits per heavy atom. The summed E-state index contributed by atoms with van der Waals surface area (Å²) in [5.74, 6) is 0. The third-order valence-corrected chi connectivity index (χ3v) is 2.75. The lowest BCUT2D eigenvalue weighted by Gasteiger charge is -2.16. The van der Waals surface area contributed by atoms with Gasteiger partial charge in [0.15, 0.2) is 5.06 Å².